The molecule has 1 atom stereocenters. The number of carbonyl (C=O) groups excluding carboxylic acids is 1. The van der Waals surface area contributed by atoms with Crippen LogP contribution in [0.5, 0.6) is 17.2 Å². The third kappa shape index (κ3) is 3.94. The van der Waals surface area contributed by atoms with E-state index in [1.165, 1.54) is 33.5 Å². The summed E-state index contributed by atoms with van der Waals surface area (Å²) < 4.78 is 28.8. The average Bonchev–Trinajstić information content (AvgIpc) is 3.18. The van der Waals surface area contributed by atoms with Crippen LogP contribution >= 0.6 is 0 Å². The Balaban J connectivity index is 1.70. The van der Waals surface area contributed by atoms with Gasteiger partial charge in [0.25, 0.3) is 5.91 Å². The zero-order chi connectivity index (χ0) is 19.4. The lowest BCUT2D eigenvalue weighted by Gasteiger charge is -2.15. The molecule has 7 nitrogen and oxygen atoms in total. The van der Waals surface area contributed by atoms with Crippen molar-refractivity contribution in [1.82, 2.24) is 0 Å². The molecule has 27 heavy (non-hydrogen) atoms. The van der Waals surface area contributed by atoms with Crippen molar-refractivity contribution >= 4 is 17.3 Å². The molecule has 3 rings (SSSR count). The van der Waals surface area contributed by atoms with Crippen molar-refractivity contribution in [3.05, 3.63) is 47.8 Å². The fourth-order valence-electron chi connectivity index (χ4n) is 2.71. The van der Waals surface area contributed by atoms with E-state index in [2.05, 4.69) is 10.5 Å². The van der Waals surface area contributed by atoms with E-state index in [-0.39, 0.29) is 18.1 Å². The number of rotatable bonds is 6. The number of carbonyl (C=O) groups is 1. The van der Waals surface area contributed by atoms with Crippen LogP contribution in [0.3, 0.4) is 0 Å². The quantitative estimate of drug-likeness (QED) is 0.841. The molecule has 1 amide bonds. The van der Waals surface area contributed by atoms with Crippen LogP contribution in [0.4, 0.5) is 10.1 Å². The van der Waals surface area contributed by atoms with Crippen LogP contribution in [0.1, 0.15) is 12.0 Å². The number of oxime groups is 1. The van der Waals surface area contributed by atoms with Gasteiger partial charge >= 0.3 is 0 Å². The van der Waals surface area contributed by atoms with Gasteiger partial charge in [-0.1, -0.05) is 17.3 Å². The number of halogens is 1. The second kappa shape index (κ2) is 7.94. The number of methoxy groups -OCH3 is 3. The highest BCUT2D eigenvalue weighted by Crippen LogP contribution is 2.40. The number of amides is 1. The summed E-state index contributed by atoms with van der Waals surface area (Å²) in [4.78, 5) is 17.8. The lowest BCUT2D eigenvalue weighted by atomic mass is 10.0. The topological polar surface area (TPSA) is 78.4 Å². The molecule has 8 heteroatoms. The maximum atomic E-state index is 13.0. The first-order chi connectivity index (χ1) is 13.0. The number of benzene rings is 2. The Morgan fingerprint density at radius 2 is 1.74 bits per heavy atom. The number of nitrogens with zero attached hydrogens (tertiary/aromatic N) is 1. The molecule has 0 bridgehead atoms. The van der Waals surface area contributed by atoms with Gasteiger partial charge in [-0.25, -0.2) is 4.39 Å². The number of ether oxygens (including phenoxy) is 3. The molecule has 0 aliphatic carbocycles. The van der Waals surface area contributed by atoms with Gasteiger partial charge in [-0.05, 0) is 17.7 Å². The van der Waals surface area contributed by atoms with E-state index in [1.54, 1.807) is 24.3 Å². The fourth-order valence-corrected chi connectivity index (χ4v) is 2.71. The van der Waals surface area contributed by atoms with Crippen LogP contribution < -0.4 is 19.5 Å². The Kier molecular flexibility index (Phi) is 5.44. The molecule has 0 spiro atoms. The first-order valence-electron chi connectivity index (χ1n) is 8.15. The summed E-state index contributed by atoms with van der Waals surface area (Å²) in [5.74, 6) is 0.558. The first-order valence-corrected chi connectivity index (χ1v) is 8.15. The summed E-state index contributed by atoms with van der Waals surface area (Å²) in [7, 11) is 4.48. The number of anilines is 1. The van der Waals surface area contributed by atoms with Gasteiger partial charge in [0.2, 0.25) is 11.9 Å². The molecule has 1 aliphatic heterocycles. The zero-order valence-electron chi connectivity index (χ0n) is 15.1. The second-order valence-electron chi connectivity index (χ2n) is 5.75. The minimum absolute atomic E-state index is 0.280. The molecule has 1 unspecified atom stereocenters. The Morgan fingerprint density at radius 1 is 1.11 bits per heavy atom. The van der Waals surface area contributed by atoms with Gasteiger partial charge in [0.05, 0.1) is 27.0 Å². The zero-order valence-corrected chi connectivity index (χ0v) is 15.1. The maximum absolute atomic E-state index is 13.0. The standard InChI is InChI=1S/C19H19FN2O5/c1-24-15-8-13(9-16(25-2)18(15)26-3)21-19(23)17-10-14(22-27-17)11-4-6-12(20)7-5-11/h4-9,17H,10H2,1-3H3,(H,21,23). The van der Waals surface area contributed by atoms with E-state index in [1.807, 2.05) is 0 Å². The van der Waals surface area contributed by atoms with E-state index in [4.69, 9.17) is 19.0 Å². The lowest BCUT2D eigenvalue weighted by molar-refractivity contribution is -0.125. The molecule has 2 aromatic carbocycles. The van der Waals surface area contributed by atoms with Crippen LogP contribution in [0.2, 0.25) is 0 Å². The Bertz CT molecular complexity index is 842. The van der Waals surface area contributed by atoms with Crippen molar-refractivity contribution in [2.24, 2.45) is 5.16 Å². The van der Waals surface area contributed by atoms with Crippen LogP contribution in [-0.4, -0.2) is 39.1 Å². The van der Waals surface area contributed by atoms with Gasteiger partial charge in [0.15, 0.2) is 11.5 Å². The molecule has 2 aromatic rings. The highest BCUT2D eigenvalue weighted by molar-refractivity contribution is 6.06. The molecule has 0 radical (unpaired) electrons. The Labute approximate surface area is 155 Å². The van der Waals surface area contributed by atoms with Crippen molar-refractivity contribution < 1.29 is 28.2 Å². The largest absolute Gasteiger partial charge is 0.493 e. The van der Waals surface area contributed by atoms with Crippen LogP contribution in [0.15, 0.2) is 41.6 Å². The molecule has 0 saturated heterocycles. The minimum Gasteiger partial charge on any atom is -0.493 e. The minimum atomic E-state index is -0.788. The van der Waals surface area contributed by atoms with Gasteiger partial charge in [-0.15, -0.1) is 0 Å². The monoisotopic (exact) mass is 374 g/mol. The normalized spacial score (nSPS) is 15.6. The van der Waals surface area contributed by atoms with Crippen molar-refractivity contribution in [2.75, 3.05) is 26.6 Å². The lowest BCUT2D eigenvalue weighted by Crippen LogP contribution is -2.28. The number of hydrogen-bond acceptors (Lipinski definition) is 6. The van der Waals surface area contributed by atoms with Gasteiger partial charge in [-0.3, -0.25) is 4.79 Å². The van der Waals surface area contributed by atoms with E-state index < -0.39 is 6.10 Å². The van der Waals surface area contributed by atoms with E-state index >= 15 is 0 Å². The summed E-state index contributed by atoms with van der Waals surface area (Å²) >= 11 is 0. The third-order valence-electron chi connectivity index (χ3n) is 4.07. The molecule has 1 aliphatic rings. The third-order valence-corrected chi connectivity index (χ3v) is 4.07. The van der Waals surface area contributed by atoms with E-state index in [0.717, 1.165) is 0 Å². The second-order valence-corrected chi connectivity index (χ2v) is 5.75. The fraction of sp³-hybridized carbons (Fsp3) is 0.263. The van der Waals surface area contributed by atoms with Crippen molar-refractivity contribution in [1.29, 1.82) is 0 Å². The molecular weight excluding hydrogens is 355 g/mol. The van der Waals surface area contributed by atoms with Gasteiger partial charge in [-0.2, -0.15) is 0 Å². The molecule has 142 valence electrons. The van der Waals surface area contributed by atoms with E-state index in [9.17, 15) is 9.18 Å². The number of nitrogens with one attached hydrogen (secondary N) is 1. The van der Waals surface area contributed by atoms with Crippen molar-refractivity contribution in [3.8, 4) is 17.2 Å². The highest BCUT2D eigenvalue weighted by atomic mass is 19.1. The van der Waals surface area contributed by atoms with Crippen molar-refractivity contribution in [3.63, 3.8) is 0 Å². The predicted octanol–water partition coefficient (Wildman–Crippen LogP) is 2.98. The smallest absolute Gasteiger partial charge is 0.268 e. The summed E-state index contributed by atoms with van der Waals surface area (Å²) in [6, 6.07) is 9.10. The SMILES string of the molecule is COc1cc(NC(=O)C2CC(c3ccc(F)cc3)=NO2)cc(OC)c1OC. The van der Waals surface area contributed by atoms with Gasteiger partial charge < -0.3 is 24.4 Å². The van der Waals surface area contributed by atoms with Crippen molar-refractivity contribution in [2.45, 2.75) is 12.5 Å². The molecule has 1 heterocycles. The predicted molar refractivity (Wildman–Crippen MR) is 97.2 cm³/mol. The first kappa shape index (κ1) is 18.5. The summed E-state index contributed by atoms with van der Waals surface area (Å²) in [5, 5.41) is 6.69. The molecule has 0 saturated carbocycles. The summed E-state index contributed by atoms with van der Waals surface area (Å²) in [6.45, 7) is 0. The molecule has 0 fully saturated rings. The summed E-state index contributed by atoms with van der Waals surface area (Å²) in [6.07, 6.45) is -0.508. The van der Waals surface area contributed by atoms with Gasteiger partial charge in [0, 0.05) is 24.2 Å². The van der Waals surface area contributed by atoms with Crippen LogP contribution in [0.25, 0.3) is 0 Å². The Hall–Kier alpha value is -3.29. The maximum Gasteiger partial charge on any atom is 0.268 e. The van der Waals surface area contributed by atoms with Crippen LogP contribution in [-0.2, 0) is 9.63 Å². The molecule has 0 aromatic heterocycles. The Morgan fingerprint density at radius 3 is 2.30 bits per heavy atom. The van der Waals surface area contributed by atoms with Gasteiger partial charge in [0.1, 0.15) is 5.82 Å². The molecular formula is C19H19FN2O5. The number of hydrogen-bond donors (Lipinski definition) is 1. The van der Waals surface area contributed by atoms with Crippen LogP contribution in [0, 0.1) is 5.82 Å². The van der Waals surface area contributed by atoms with E-state index in [0.29, 0.717) is 34.2 Å². The summed E-state index contributed by atoms with van der Waals surface area (Å²) in [5.41, 5.74) is 1.76. The molecule has 1 N–H and O–H groups in total. The average molecular weight is 374 g/mol. The highest BCUT2D eigenvalue weighted by Gasteiger charge is 2.29.